The van der Waals surface area contributed by atoms with Crippen LogP contribution in [0.25, 0.3) is 0 Å². The summed E-state index contributed by atoms with van der Waals surface area (Å²) in [5.41, 5.74) is -5.71. The van der Waals surface area contributed by atoms with E-state index >= 15 is 0 Å². The summed E-state index contributed by atoms with van der Waals surface area (Å²) in [6.07, 6.45) is -8.39. The number of carbonyl (C=O) groups is 2. The zero-order valence-corrected chi connectivity index (χ0v) is 23.4. The summed E-state index contributed by atoms with van der Waals surface area (Å²) in [5, 5.41) is 12.7. The molecule has 230 valence electrons. The van der Waals surface area contributed by atoms with E-state index in [1.54, 1.807) is 39.0 Å². The first-order valence-corrected chi connectivity index (χ1v) is 13.6. The number of aliphatic hydroxyl groups is 1. The molecule has 2 aliphatic heterocycles. The van der Waals surface area contributed by atoms with Crippen molar-refractivity contribution in [3.8, 4) is 17.2 Å². The van der Waals surface area contributed by atoms with Gasteiger partial charge in [0.05, 0.1) is 6.61 Å². The van der Waals surface area contributed by atoms with Crippen LogP contribution in [0, 0.1) is 5.92 Å². The Labute approximate surface area is 239 Å². The predicted octanol–water partition coefficient (Wildman–Crippen LogP) is 5.65. The highest BCUT2D eigenvalue weighted by Crippen LogP contribution is 2.45. The summed E-state index contributed by atoms with van der Waals surface area (Å²) in [4.78, 5) is 27.3. The van der Waals surface area contributed by atoms with Gasteiger partial charge in [-0.25, -0.2) is 13.6 Å². The lowest BCUT2D eigenvalue weighted by Gasteiger charge is -2.30. The Morgan fingerprint density at radius 3 is 2.43 bits per heavy atom. The molecular weight excluding hydrogens is 567 g/mol. The number of urea groups is 1. The summed E-state index contributed by atoms with van der Waals surface area (Å²) in [7, 11) is 0. The Morgan fingerprint density at radius 1 is 1.07 bits per heavy atom. The maximum Gasteiger partial charge on any atom is 0.427 e. The Hall–Kier alpha value is -3.61. The van der Waals surface area contributed by atoms with Gasteiger partial charge in [-0.3, -0.25) is 9.69 Å². The first kappa shape index (κ1) is 31.3. The topological polar surface area (TPSA) is 97.3 Å². The van der Waals surface area contributed by atoms with Crippen LogP contribution < -0.4 is 19.5 Å². The van der Waals surface area contributed by atoms with Gasteiger partial charge in [0.1, 0.15) is 11.3 Å². The van der Waals surface area contributed by atoms with Gasteiger partial charge in [0, 0.05) is 6.54 Å². The maximum absolute atomic E-state index is 13.4. The van der Waals surface area contributed by atoms with Gasteiger partial charge in [0.25, 0.3) is 12.3 Å². The number of fused-ring (bicyclic) bond motifs is 1. The minimum absolute atomic E-state index is 0.0450. The highest BCUT2D eigenvalue weighted by molar-refractivity contribution is 6.07. The maximum atomic E-state index is 13.4. The second kappa shape index (κ2) is 11.9. The number of amides is 3. The van der Waals surface area contributed by atoms with Crippen molar-refractivity contribution in [2.45, 2.75) is 70.2 Å². The minimum atomic E-state index is -5.59. The molecule has 2 aromatic rings. The fourth-order valence-electron chi connectivity index (χ4n) is 5.15. The molecule has 4 rings (SSSR count). The van der Waals surface area contributed by atoms with Crippen molar-refractivity contribution in [3.05, 3.63) is 53.1 Å². The fourth-order valence-corrected chi connectivity index (χ4v) is 5.15. The second-order valence-electron chi connectivity index (χ2n) is 10.8. The number of carbonyl (C=O) groups excluding carboxylic acids is 2. The molecule has 2 aromatic carbocycles. The first-order valence-electron chi connectivity index (χ1n) is 13.6. The van der Waals surface area contributed by atoms with Crippen LogP contribution in [0.2, 0.25) is 0 Å². The Morgan fingerprint density at radius 2 is 1.79 bits per heavy atom. The van der Waals surface area contributed by atoms with E-state index in [1.807, 2.05) is 0 Å². The van der Waals surface area contributed by atoms with Crippen molar-refractivity contribution in [2.24, 2.45) is 5.92 Å². The third kappa shape index (κ3) is 5.70. The summed E-state index contributed by atoms with van der Waals surface area (Å²) in [6, 6.07) is 7.37. The monoisotopic (exact) mass is 600 g/mol. The predicted molar refractivity (Wildman–Crippen MR) is 140 cm³/mol. The van der Waals surface area contributed by atoms with E-state index in [2.05, 4.69) is 5.32 Å². The van der Waals surface area contributed by atoms with Gasteiger partial charge in [0.15, 0.2) is 11.5 Å². The van der Waals surface area contributed by atoms with Crippen LogP contribution in [0.1, 0.15) is 56.7 Å². The Kier molecular flexibility index (Phi) is 8.91. The molecule has 2 heterocycles. The number of halogens is 5. The molecule has 0 spiro atoms. The molecule has 2 unspecified atom stereocenters. The highest BCUT2D eigenvalue weighted by atomic mass is 19.4. The first-order chi connectivity index (χ1) is 19.7. The number of rotatable bonds is 12. The van der Waals surface area contributed by atoms with Crippen molar-refractivity contribution in [2.75, 3.05) is 19.9 Å². The van der Waals surface area contributed by atoms with E-state index in [1.165, 1.54) is 0 Å². The van der Waals surface area contributed by atoms with Crippen LogP contribution in [0.15, 0.2) is 36.4 Å². The molecule has 1 fully saturated rings. The normalized spacial score (nSPS) is 19.9. The average molecular weight is 601 g/mol. The number of unbranched alkanes of at least 4 members (excludes halogenated alkanes) is 1. The molecule has 0 bridgehead atoms. The molecule has 1 saturated heterocycles. The summed E-state index contributed by atoms with van der Waals surface area (Å²) in [6.45, 7) is 5.66. The van der Waals surface area contributed by atoms with E-state index in [4.69, 9.17) is 14.2 Å². The van der Waals surface area contributed by atoms with E-state index in [0.717, 1.165) is 23.1 Å². The van der Waals surface area contributed by atoms with E-state index < -0.39 is 41.2 Å². The van der Waals surface area contributed by atoms with Crippen molar-refractivity contribution >= 4 is 11.9 Å². The molecule has 2 aliphatic rings. The third-order valence-corrected chi connectivity index (χ3v) is 7.48. The molecule has 13 heteroatoms. The minimum Gasteiger partial charge on any atom is -0.493 e. The second-order valence-corrected chi connectivity index (χ2v) is 10.8. The van der Waals surface area contributed by atoms with Gasteiger partial charge in [-0.15, -0.1) is 0 Å². The zero-order valence-electron chi connectivity index (χ0n) is 23.4. The lowest BCUT2D eigenvalue weighted by molar-refractivity contribution is -0.305. The zero-order chi connectivity index (χ0) is 30.9. The molecule has 0 saturated carbocycles. The molecule has 2 atom stereocenters. The van der Waals surface area contributed by atoms with Crippen LogP contribution in [-0.2, 0) is 22.4 Å². The number of benzene rings is 2. The fraction of sp³-hybridized carbons (Fsp3) is 0.517. The SMILES string of the molecule is CCC1(c2ccc3c(c2)OCO3)NC(=O)N(CCCCOc2ccc(C(O)(C(F)F)C(F)(F)F)cc2CC(C)C)C1=O. The quantitative estimate of drug-likeness (QED) is 0.186. The highest BCUT2D eigenvalue weighted by Gasteiger charge is 2.61. The largest absolute Gasteiger partial charge is 0.493 e. The van der Waals surface area contributed by atoms with E-state index in [-0.39, 0.29) is 43.6 Å². The van der Waals surface area contributed by atoms with Crippen molar-refractivity contribution < 1.29 is 50.9 Å². The van der Waals surface area contributed by atoms with Crippen molar-refractivity contribution in [1.82, 2.24) is 10.2 Å². The van der Waals surface area contributed by atoms with Gasteiger partial charge < -0.3 is 24.6 Å². The van der Waals surface area contributed by atoms with Gasteiger partial charge >= 0.3 is 12.2 Å². The molecule has 3 amide bonds. The van der Waals surface area contributed by atoms with Gasteiger partial charge in [-0.05, 0) is 72.6 Å². The molecule has 2 N–H and O–H groups in total. The lowest BCUT2D eigenvalue weighted by atomic mass is 9.87. The standard InChI is InChI=1S/C29H33F5N2O6/c1-4-27(19-7-10-22-23(15-19)42-16-41-22)25(37)36(26(38)35-27)11-5-6-12-40-21-9-8-20(14-18(21)13-17(2)3)28(39,24(30)31)29(32,33)34/h7-10,14-15,17,24,39H,4-6,11-13,16H2,1-3H3,(H,35,38). The molecule has 42 heavy (non-hydrogen) atoms. The van der Waals surface area contributed by atoms with Crippen LogP contribution in [0.3, 0.4) is 0 Å². The number of nitrogens with one attached hydrogen (secondary N) is 1. The average Bonchev–Trinajstić information content (AvgIpc) is 3.49. The van der Waals surface area contributed by atoms with E-state index in [0.29, 0.717) is 36.3 Å². The van der Waals surface area contributed by atoms with Crippen LogP contribution in [0.4, 0.5) is 26.7 Å². The van der Waals surface area contributed by atoms with E-state index in [9.17, 15) is 36.6 Å². The summed E-state index contributed by atoms with van der Waals surface area (Å²) >= 11 is 0. The Bertz CT molecular complexity index is 1320. The van der Waals surface area contributed by atoms with Crippen LogP contribution in [-0.4, -0.2) is 54.5 Å². The Balaban J connectivity index is 1.40. The third-order valence-electron chi connectivity index (χ3n) is 7.48. The molecule has 8 nitrogen and oxygen atoms in total. The molecular formula is C29H33F5N2O6. The number of ether oxygens (including phenoxy) is 3. The molecule has 0 aromatic heterocycles. The van der Waals surface area contributed by atoms with Gasteiger partial charge in [-0.2, -0.15) is 13.2 Å². The van der Waals surface area contributed by atoms with Gasteiger partial charge in [0.2, 0.25) is 12.4 Å². The van der Waals surface area contributed by atoms with Crippen molar-refractivity contribution in [1.29, 1.82) is 0 Å². The number of imide groups is 1. The van der Waals surface area contributed by atoms with Crippen molar-refractivity contribution in [3.63, 3.8) is 0 Å². The number of hydrogen-bond acceptors (Lipinski definition) is 6. The van der Waals surface area contributed by atoms with Crippen LogP contribution >= 0.6 is 0 Å². The molecule has 0 aliphatic carbocycles. The number of hydrogen-bond donors (Lipinski definition) is 2. The number of nitrogens with zero attached hydrogens (tertiary/aromatic N) is 1. The lowest BCUT2D eigenvalue weighted by Crippen LogP contribution is -2.48. The number of alkyl halides is 5. The smallest absolute Gasteiger partial charge is 0.427 e. The summed E-state index contributed by atoms with van der Waals surface area (Å²) in [5.74, 6) is 0.793. The molecule has 0 radical (unpaired) electrons. The van der Waals surface area contributed by atoms with Gasteiger partial charge in [-0.1, -0.05) is 32.9 Å². The summed E-state index contributed by atoms with van der Waals surface area (Å²) < 4.78 is 83.5. The van der Waals surface area contributed by atoms with Crippen LogP contribution in [0.5, 0.6) is 17.2 Å².